The van der Waals surface area contributed by atoms with Crippen molar-refractivity contribution in [2.45, 2.75) is 33.1 Å². The topological polar surface area (TPSA) is 39.4 Å². The van der Waals surface area contributed by atoms with E-state index in [9.17, 15) is 4.79 Å². The molecule has 0 atom stereocenters. The second-order valence-electron chi connectivity index (χ2n) is 6.34. The minimum atomic E-state index is -0.384. The number of benzene rings is 1. The Morgan fingerprint density at radius 1 is 1.09 bits per heavy atom. The Morgan fingerprint density at radius 2 is 1.73 bits per heavy atom. The van der Waals surface area contributed by atoms with Crippen molar-refractivity contribution in [2.24, 2.45) is 0 Å². The summed E-state index contributed by atoms with van der Waals surface area (Å²) in [4.78, 5) is 11.3. The lowest BCUT2D eigenvalue weighted by molar-refractivity contribution is -0.134. The molecule has 0 unspecified atom stereocenters. The lowest BCUT2D eigenvalue weighted by Gasteiger charge is -2.18. The van der Waals surface area contributed by atoms with Crippen molar-refractivity contribution in [3.63, 3.8) is 0 Å². The van der Waals surface area contributed by atoms with Crippen LogP contribution in [0.3, 0.4) is 0 Å². The molecule has 0 aliphatic carbocycles. The lowest BCUT2D eigenvalue weighted by Crippen LogP contribution is -2.10. The van der Waals surface area contributed by atoms with Crippen molar-refractivity contribution in [3.05, 3.63) is 53.8 Å². The first kappa shape index (κ1) is 16.1. The summed E-state index contributed by atoms with van der Waals surface area (Å²) >= 11 is 0. The van der Waals surface area contributed by atoms with Gasteiger partial charge in [0.2, 0.25) is 0 Å². The highest BCUT2D eigenvalue weighted by molar-refractivity contribution is 5.90. The van der Waals surface area contributed by atoms with Gasteiger partial charge in [0.15, 0.2) is 0 Å². The van der Waals surface area contributed by atoms with Crippen LogP contribution in [0.25, 0.3) is 16.9 Å². The van der Waals surface area contributed by atoms with Crippen LogP contribution in [0.2, 0.25) is 0 Å². The second kappa shape index (κ2) is 6.22. The molecule has 2 aromatic rings. The zero-order valence-corrected chi connectivity index (χ0v) is 13.8. The summed E-state index contributed by atoms with van der Waals surface area (Å²) in [6.45, 7) is 8.39. The maximum atomic E-state index is 11.3. The molecular weight excluding hydrogens is 276 g/mol. The minimum Gasteiger partial charge on any atom is -0.466 e. The van der Waals surface area contributed by atoms with Gasteiger partial charge in [0, 0.05) is 11.6 Å². The first-order valence-corrected chi connectivity index (χ1v) is 7.28. The van der Waals surface area contributed by atoms with Crippen molar-refractivity contribution in [3.8, 4) is 11.3 Å². The van der Waals surface area contributed by atoms with Crippen LogP contribution in [0.4, 0.5) is 0 Å². The molecule has 0 radical (unpaired) electrons. The van der Waals surface area contributed by atoms with Crippen LogP contribution >= 0.6 is 0 Å². The molecule has 0 bridgehead atoms. The number of furan rings is 1. The smallest absolute Gasteiger partial charge is 0.330 e. The molecule has 22 heavy (non-hydrogen) atoms. The summed E-state index contributed by atoms with van der Waals surface area (Å²) in [7, 11) is 1.36. The van der Waals surface area contributed by atoms with Gasteiger partial charge in [0.25, 0.3) is 0 Å². The van der Waals surface area contributed by atoms with Gasteiger partial charge in [-0.1, -0.05) is 45.0 Å². The van der Waals surface area contributed by atoms with E-state index >= 15 is 0 Å². The maximum Gasteiger partial charge on any atom is 0.330 e. The molecule has 0 saturated heterocycles. The van der Waals surface area contributed by atoms with Gasteiger partial charge < -0.3 is 9.15 Å². The number of allylic oxidation sites excluding steroid dienone is 1. The standard InChI is InChI=1S/C19H22O3/c1-13(12-18(20)21-5)16-10-11-17(22-16)14-6-8-15(9-7-14)19(2,3)4/h6-12H,1-5H3/b13-12+. The normalized spacial score (nSPS) is 12.3. The molecule has 0 aliphatic heterocycles. The van der Waals surface area contributed by atoms with E-state index in [4.69, 9.17) is 4.42 Å². The van der Waals surface area contributed by atoms with E-state index in [-0.39, 0.29) is 11.4 Å². The van der Waals surface area contributed by atoms with Crippen molar-refractivity contribution in [1.29, 1.82) is 0 Å². The van der Waals surface area contributed by atoms with Crippen molar-refractivity contribution in [2.75, 3.05) is 7.11 Å². The molecule has 0 amide bonds. The number of esters is 1. The van der Waals surface area contributed by atoms with Crippen molar-refractivity contribution >= 4 is 11.5 Å². The molecule has 1 aromatic heterocycles. The third kappa shape index (κ3) is 3.67. The molecular formula is C19H22O3. The number of hydrogen-bond acceptors (Lipinski definition) is 3. The van der Waals surface area contributed by atoms with Crippen LogP contribution in [-0.2, 0) is 14.9 Å². The zero-order valence-electron chi connectivity index (χ0n) is 13.8. The van der Waals surface area contributed by atoms with Crippen LogP contribution in [-0.4, -0.2) is 13.1 Å². The molecule has 1 aromatic carbocycles. The molecule has 2 rings (SSSR count). The Labute approximate surface area is 131 Å². The summed E-state index contributed by atoms with van der Waals surface area (Å²) in [5.41, 5.74) is 3.17. The lowest BCUT2D eigenvalue weighted by atomic mass is 9.86. The Hall–Kier alpha value is -2.29. The van der Waals surface area contributed by atoms with Crippen LogP contribution in [0, 0.1) is 0 Å². The Balaban J connectivity index is 2.25. The first-order valence-electron chi connectivity index (χ1n) is 7.28. The number of ether oxygens (including phenoxy) is 1. The average molecular weight is 298 g/mol. The maximum absolute atomic E-state index is 11.3. The van der Waals surface area contributed by atoms with Crippen LogP contribution < -0.4 is 0 Å². The number of hydrogen-bond donors (Lipinski definition) is 0. The third-order valence-corrected chi connectivity index (χ3v) is 3.57. The molecule has 0 N–H and O–H groups in total. The Morgan fingerprint density at radius 3 is 2.27 bits per heavy atom. The summed E-state index contributed by atoms with van der Waals surface area (Å²) in [5, 5.41) is 0. The van der Waals surface area contributed by atoms with Crippen LogP contribution in [0.15, 0.2) is 46.9 Å². The van der Waals surface area contributed by atoms with Gasteiger partial charge in [-0.05, 0) is 35.6 Å². The molecule has 0 saturated carbocycles. The Bertz CT molecular complexity index is 682. The predicted octanol–water partition coefficient (Wildman–Crippen LogP) is 4.82. The number of rotatable bonds is 3. The van der Waals surface area contributed by atoms with E-state index in [0.29, 0.717) is 5.76 Å². The van der Waals surface area contributed by atoms with Crippen molar-refractivity contribution in [1.82, 2.24) is 0 Å². The summed E-state index contributed by atoms with van der Waals surface area (Å²) in [6.07, 6.45) is 1.42. The largest absolute Gasteiger partial charge is 0.466 e. The summed E-state index contributed by atoms with van der Waals surface area (Å²) in [6, 6.07) is 12.1. The third-order valence-electron chi connectivity index (χ3n) is 3.57. The SMILES string of the molecule is COC(=O)/C=C(\C)c1ccc(-c2ccc(C(C)(C)C)cc2)o1. The molecule has 0 spiro atoms. The van der Waals surface area contributed by atoms with Gasteiger partial charge >= 0.3 is 5.97 Å². The average Bonchev–Trinajstić information content (AvgIpc) is 2.96. The summed E-state index contributed by atoms with van der Waals surface area (Å²) in [5.74, 6) is 1.07. The van der Waals surface area contributed by atoms with E-state index in [0.717, 1.165) is 16.9 Å². The monoisotopic (exact) mass is 298 g/mol. The van der Waals surface area contributed by atoms with Gasteiger partial charge in [0.05, 0.1) is 7.11 Å². The summed E-state index contributed by atoms with van der Waals surface area (Å²) < 4.78 is 10.4. The number of carbonyl (C=O) groups is 1. The fraction of sp³-hybridized carbons (Fsp3) is 0.316. The molecule has 0 fully saturated rings. The fourth-order valence-electron chi connectivity index (χ4n) is 2.15. The molecule has 0 aliphatic rings. The van der Waals surface area contributed by atoms with E-state index in [1.807, 2.05) is 19.1 Å². The van der Waals surface area contributed by atoms with E-state index in [2.05, 4.69) is 49.8 Å². The highest BCUT2D eigenvalue weighted by atomic mass is 16.5. The van der Waals surface area contributed by atoms with Crippen molar-refractivity contribution < 1.29 is 13.9 Å². The van der Waals surface area contributed by atoms with E-state index in [1.165, 1.54) is 18.7 Å². The molecule has 3 nitrogen and oxygen atoms in total. The van der Waals surface area contributed by atoms with E-state index < -0.39 is 0 Å². The highest BCUT2D eigenvalue weighted by Crippen LogP contribution is 2.28. The molecule has 1 heterocycles. The Kier molecular flexibility index (Phi) is 4.55. The van der Waals surface area contributed by atoms with Gasteiger partial charge in [-0.2, -0.15) is 0 Å². The second-order valence-corrected chi connectivity index (χ2v) is 6.34. The van der Waals surface area contributed by atoms with Crippen LogP contribution in [0.1, 0.15) is 39.0 Å². The predicted molar refractivity (Wildman–Crippen MR) is 88.5 cm³/mol. The van der Waals surface area contributed by atoms with Crippen LogP contribution in [0.5, 0.6) is 0 Å². The fourth-order valence-corrected chi connectivity index (χ4v) is 2.15. The number of methoxy groups -OCH3 is 1. The van der Waals surface area contributed by atoms with Gasteiger partial charge in [-0.3, -0.25) is 0 Å². The highest BCUT2D eigenvalue weighted by Gasteiger charge is 2.14. The van der Waals surface area contributed by atoms with Gasteiger partial charge in [0.1, 0.15) is 11.5 Å². The minimum absolute atomic E-state index is 0.132. The first-order chi connectivity index (χ1) is 10.3. The van der Waals surface area contributed by atoms with Gasteiger partial charge in [-0.15, -0.1) is 0 Å². The zero-order chi connectivity index (χ0) is 16.3. The molecule has 3 heteroatoms. The quantitative estimate of drug-likeness (QED) is 0.602. The molecule has 116 valence electrons. The van der Waals surface area contributed by atoms with Gasteiger partial charge in [-0.25, -0.2) is 4.79 Å². The number of carbonyl (C=O) groups excluding carboxylic acids is 1. The van der Waals surface area contributed by atoms with E-state index in [1.54, 1.807) is 0 Å².